The molecule has 108 valence electrons. The summed E-state index contributed by atoms with van der Waals surface area (Å²) in [5.74, 6) is 0.888. The Bertz CT molecular complexity index is 345. The van der Waals surface area contributed by atoms with Gasteiger partial charge in [-0.3, -0.25) is 0 Å². The van der Waals surface area contributed by atoms with Crippen LogP contribution in [0.15, 0.2) is 0 Å². The highest BCUT2D eigenvalue weighted by Gasteiger charge is 2.60. The maximum Gasteiger partial charge on any atom is 0.0202 e. The van der Waals surface area contributed by atoms with Gasteiger partial charge in [0.05, 0.1) is 0 Å². The Kier molecular flexibility index (Phi) is 2.78. The van der Waals surface area contributed by atoms with Gasteiger partial charge in [-0.2, -0.15) is 0 Å². The van der Waals surface area contributed by atoms with Gasteiger partial charge in [0, 0.05) is 56.1 Å². The molecule has 3 heteroatoms. The lowest BCUT2D eigenvalue weighted by Gasteiger charge is -2.62. The lowest BCUT2D eigenvalue weighted by atomic mass is 9.54. The van der Waals surface area contributed by atoms with Crippen LogP contribution in [0.4, 0.5) is 0 Å². The van der Waals surface area contributed by atoms with E-state index in [9.17, 15) is 0 Å². The zero-order valence-electron chi connectivity index (χ0n) is 12.4. The smallest absolute Gasteiger partial charge is 0.0202 e. The first-order valence-electron chi connectivity index (χ1n) is 8.33. The van der Waals surface area contributed by atoms with E-state index < -0.39 is 0 Å². The number of nitrogens with two attached hydrogens (primary N) is 1. The van der Waals surface area contributed by atoms with Gasteiger partial charge in [-0.15, -0.1) is 0 Å². The Morgan fingerprint density at radius 2 is 1.47 bits per heavy atom. The van der Waals surface area contributed by atoms with Crippen molar-refractivity contribution in [3.63, 3.8) is 0 Å². The third kappa shape index (κ3) is 1.74. The van der Waals surface area contributed by atoms with Gasteiger partial charge in [0.15, 0.2) is 0 Å². The topological polar surface area (TPSA) is 32.5 Å². The summed E-state index contributed by atoms with van der Waals surface area (Å²) in [5.41, 5.74) is 7.63. The summed E-state index contributed by atoms with van der Waals surface area (Å²) >= 11 is 0. The Hall–Kier alpha value is -0.120. The van der Waals surface area contributed by atoms with Crippen molar-refractivity contribution in [1.82, 2.24) is 9.80 Å². The molecule has 0 aromatic heterocycles. The summed E-state index contributed by atoms with van der Waals surface area (Å²) < 4.78 is 0. The van der Waals surface area contributed by atoms with Crippen LogP contribution in [0.1, 0.15) is 39.0 Å². The minimum atomic E-state index is 0.338. The van der Waals surface area contributed by atoms with Crippen LogP contribution < -0.4 is 5.73 Å². The monoisotopic (exact) mass is 263 g/mol. The Morgan fingerprint density at radius 3 is 2.05 bits per heavy atom. The number of piperidine rings is 2. The van der Waals surface area contributed by atoms with E-state index in [0.717, 1.165) is 5.92 Å². The van der Waals surface area contributed by atoms with E-state index in [1.165, 1.54) is 71.4 Å². The molecule has 0 aromatic carbocycles. The summed E-state index contributed by atoms with van der Waals surface area (Å²) in [7, 11) is 0. The van der Waals surface area contributed by atoms with Crippen molar-refractivity contribution < 1.29 is 0 Å². The maximum atomic E-state index is 6.88. The van der Waals surface area contributed by atoms with E-state index in [1.54, 1.807) is 0 Å². The average molecular weight is 263 g/mol. The molecule has 5 rings (SSSR count). The largest absolute Gasteiger partial charge is 0.327 e. The van der Waals surface area contributed by atoms with E-state index >= 15 is 0 Å². The molecule has 0 aromatic rings. The summed E-state index contributed by atoms with van der Waals surface area (Å²) in [4.78, 5) is 5.48. The molecule has 0 spiro atoms. The van der Waals surface area contributed by atoms with E-state index in [2.05, 4.69) is 16.7 Å². The number of hydrogen-bond acceptors (Lipinski definition) is 3. The van der Waals surface area contributed by atoms with Crippen molar-refractivity contribution in [2.24, 2.45) is 22.5 Å². The third-order valence-corrected chi connectivity index (χ3v) is 6.73. The van der Waals surface area contributed by atoms with Crippen LogP contribution in [0.2, 0.25) is 0 Å². The second-order valence-electron chi connectivity index (χ2n) is 8.12. The second-order valence-corrected chi connectivity index (χ2v) is 8.12. The van der Waals surface area contributed by atoms with Crippen LogP contribution in [0.3, 0.4) is 0 Å². The van der Waals surface area contributed by atoms with Crippen molar-refractivity contribution in [3.05, 3.63) is 0 Å². The number of fused-ring (bicyclic) bond motifs is 1. The number of nitrogens with zero attached hydrogens (tertiary/aromatic N) is 2. The highest BCUT2D eigenvalue weighted by Crippen LogP contribution is 2.53. The van der Waals surface area contributed by atoms with Gasteiger partial charge < -0.3 is 15.5 Å². The molecule has 5 aliphatic rings. The normalized spacial score (nSPS) is 54.3. The molecule has 0 radical (unpaired) electrons. The minimum Gasteiger partial charge on any atom is -0.327 e. The summed E-state index contributed by atoms with van der Waals surface area (Å²) in [5, 5.41) is 0. The maximum absolute atomic E-state index is 6.88. The molecule has 2 N–H and O–H groups in total. The van der Waals surface area contributed by atoms with Crippen molar-refractivity contribution in [3.8, 4) is 0 Å². The van der Waals surface area contributed by atoms with Crippen LogP contribution in [-0.4, -0.2) is 55.1 Å². The summed E-state index contributed by atoms with van der Waals surface area (Å²) in [6.07, 6.45) is 7.20. The Balaban J connectivity index is 1.73. The Morgan fingerprint density at radius 1 is 0.895 bits per heavy atom. The van der Waals surface area contributed by atoms with Crippen molar-refractivity contribution in [2.45, 2.75) is 45.1 Å². The molecule has 1 aliphatic carbocycles. The standard InChI is InChI=1S/C16H29N3/c1-15-9-18-7-8-19(10-15)12-16(11-18,14(15)17)13-5-3-2-4-6-13/h13-14H,2-12,17H2,1H3. The Labute approximate surface area is 117 Å². The second kappa shape index (κ2) is 4.19. The first-order valence-corrected chi connectivity index (χ1v) is 8.33. The van der Waals surface area contributed by atoms with Gasteiger partial charge in [0.2, 0.25) is 0 Å². The fourth-order valence-electron chi connectivity index (χ4n) is 5.94. The molecular weight excluding hydrogens is 234 g/mol. The van der Waals surface area contributed by atoms with Crippen LogP contribution in [-0.2, 0) is 0 Å². The molecule has 4 bridgehead atoms. The van der Waals surface area contributed by atoms with Crippen molar-refractivity contribution in [2.75, 3.05) is 39.3 Å². The average Bonchev–Trinajstić information content (AvgIpc) is 2.64. The van der Waals surface area contributed by atoms with E-state index in [1.807, 2.05) is 0 Å². The lowest BCUT2D eigenvalue weighted by molar-refractivity contribution is -0.107. The number of rotatable bonds is 1. The predicted octanol–water partition coefficient (Wildman–Crippen LogP) is 1.53. The lowest BCUT2D eigenvalue weighted by Crippen LogP contribution is -2.73. The minimum absolute atomic E-state index is 0.338. The van der Waals surface area contributed by atoms with Crippen molar-refractivity contribution in [1.29, 1.82) is 0 Å². The fourth-order valence-corrected chi connectivity index (χ4v) is 5.94. The van der Waals surface area contributed by atoms with E-state index in [0.29, 0.717) is 16.9 Å². The van der Waals surface area contributed by atoms with Gasteiger partial charge in [-0.05, 0) is 18.8 Å². The highest BCUT2D eigenvalue weighted by atomic mass is 15.3. The molecule has 4 aliphatic heterocycles. The molecule has 3 nitrogen and oxygen atoms in total. The van der Waals surface area contributed by atoms with Crippen molar-refractivity contribution >= 4 is 0 Å². The molecule has 5 fully saturated rings. The zero-order chi connectivity index (χ0) is 13.1. The van der Waals surface area contributed by atoms with Gasteiger partial charge in [-0.25, -0.2) is 0 Å². The molecular formula is C16H29N3. The molecule has 0 amide bonds. The SMILES string of the molecule is CC12CN3CCN(C1)CC(C1CCCCC1)(C3)C2N. The first-order chi connectivity index (χ1) is 9.12. The quantitative estimate of drug-likeness (QED) is 0.779. The highest BCUT2D eigenvalue weighted by molar-refractivity contribution is 5.15. The first kappa shape index (κ1) is 12.6. The van der Waals surface area contributed by atoms with Gasteiger partial charge in [0.25, 0.3) is 0 Å². The molecule has 4 saturated heterocycles. The third-order valence-electron chi connectivity index (χ3n) is 6.73. The number of hydrogen-bond donors (Lipinski definition) is 1. The van der Waals surface area contributed by atoms with Gasteiger partial charge in [-0.1, -0.05) is 26.2 Å². The molecule has 3 unspecified atom stereocenters. The molecule has 1 saturated carbocycles. The fraction of sp³-hybridized carbons (Fsp3) is 1.00. The van der Waals surface area contributed by atoms with E-state index in [4.69, 9.17) is 5.73 Å². The van der Waals surface area contributed by atoms with Crippen LogP contribution >= 0.6 is 0 Å². The summed E-state index contributed by atoms with van der Waals surface area (Å²) in [6, 6.07) is 0.425. The predicted molar refractivity (Wildman–Crippen MR) is 78.0 cm³/mol. The summed E-state index contributed by atoms with van der Waals surface area (Å²) in [6.45, 7) is 10.0. The zero-order valence-corrected chi connectivity index (χ0v) is 12.4. The van der Waals surface area contributed by atoms with Gasteiger partial charge >= 0.3 is 0 Å². The molecule has 3 atom stereocenters. The molecule has 4 heterocycles. The molecule has 19 heavy (non-hydrogen) atoms. The van der Waals surface area contributed by atoms with Crippen LogP contribution in [0.25, 0.3) is 0 Å². The van der Waals surface area contributed by atoms with Gasteiger partial charge in [0.1, 0.15) is 0 Å². The van der Waals surface area contributed by atoms with Crippen LogP contribution in [0, 0.1) is 16.7 Å². The van der Waals surface area contributed by atoms with Crippen LogP contribution in [0.5, 0.6) is 0 Å². The van der Waals surface area contributed by atoms with E-state index in [-0.39, 0.29) is 0 Å².